The van der Waals surface area contributed by atoms with Crippen LogP contribution >= 0.6 is 0 Å². The summed E-state index contributed by atoms with van der Waals surface area (Å²) in [7, 11) is 0. The molecule has 3 aromatic rings. The van der Waals surface area contributed by atoms with Crippen molar-refractivity contribution in [2.75, 3.05) is 0 Å². The SMILES string of the molecule is O=C(O)c1nc(-c2cc[nH]c2)n2ccncc12. The van der Waals surface area contributed by atoms with Gasteiger partial charge in [0, 0.05) is 30.4 Å². The van der Waals surface area contributed by atoms with Crippen LogP contribution in [0.25, 0.3) is 16.9 Å². The fourth-order valence-corrected chi connectivity index (χ4v) is 1.76. The highest BCUT2D eigenvalue weighted by atomic mass is 16.4. The van der Waals surface area contributed by atoms with Gasteiger partial charge in [0.05, 0.1) is 11.7 Å². The zero-order chi connectivity index (χ0) is 11.8. The van der Waals surface area contributed by atoms with Crippen LogP contribution in [0.3, 0.4) is 0 Å². The van der Waals surface area contributed by atoms with Crippen LogP contribution in [0.15, 0.2) is 37.1 Å². The molecule has 0 radical (unpaired) electrons. The Labute approximate surface area is 95.6 Å². The van der Waals surface area contributed by atoms with Crippen molar-refractivity contribution >= 4 is 11.5 Å². The van der Waals surface area contributed by atoms with Crippen molar-refractivity contribution in [3.8, 4) is 11.4 Å². The molecule has 17 heavy (non-hydrogen) atoms. The molecule has 84 valence electrons. The molecule has 0 aliphatic rings. The number of fused-ring (bicyclic) bond motifs is 1. The second kappa shape index (κ2) is 3.44. The van der Waals surface area contributed by atoms with Crippen molar-refractivity contribution in [1.82, 2.24) is 19.4 Å². The number of hydrogen-bond acceptors (Lipinski definition) is 3. The third-order valence-electron chi connectivity index (χ3n) is 2.51. The predicted octanol–water partition coefficient (Wildman–Crippen LogP) is 1.42. The minimum Gasteiger partial charge on any atom is -0.476 e. The first kappa shape index (κ1) is 9.59. The first-order chi connectivity index (χ1) is 8.27. The minimum atomic E-state index is -1.06. The van der Waals surface area contributed by atoms with E-state index >= 15 is 0 Å². The molecule has 2 N–H and O–H groups in total. The summed E-state index contributed by atoms with van der Waals surface area (Å²) in [6.07, 6.45) is 8.30. The van der Waals surface area contributed by atoms with E-state index < -0.39 is 5.97 Å². The Hall–Kier alpha value is -2.63. The summed E-state index contributed by atoms with van der Waals surface area (Å²) in [6.45, 7) is 0. The summed E-state index contributed by atoms with van der Waals surface area (Å²) in [6, 6.07) is 1.83. The highest BCUT2D eigenvalue weighted by Gasteiger charge is 2.17. The molecule has 0 saturated heterocycles. The number of carbonyl (C=O) groups is 1. The third-order valence-corrected chi connectivity index (χ3v) is 2.51. The standard InChI is InChI=1S/C11H8N4O2/c16-11(17)9-8-6-13-3-4-15(8)10(14-9)7-1-2-12-5-7/h1-6,12H,(H,16,17). The second-order valence-corrected chi connectivity index (χ2v) is 3.52. The molecule has 0 atom stereocenters. The van der Waals surface area contributed by atoms with Crippen molar-refractivity contribution < 1.29 is 9.90 Å². The smallest absolute Gasteiger partial charge is 0.356 e. The molecule has 6 heteroatoms. The van der Waals surface area contributed by atoms with Crippen LogP contribution in [0.5, 0.6) is 0 Å². The lowest BCUT2D eigenvalue weighted by Gasteiger charge is -1.96. The van der Waals surface area contributed by atoms with Crippen LogP contribution in [-0.2, 0) is 0 Å². The van der Waals surface area contributed by atoms with E-state index in [1.54, 1.807) is 29.2 Å². The van der Waals surface area contributed by atoms with E-state index in [0.29, 0.717) is 11.3 Å². The number of rotatable bonds is 2. The van der Waals surface area contributed by atoms with E-state index in [9.17, 15) is 4.79 Å². The van der Waals surface area contributed by atoms with Crippen molar-refractivity contribution in [2.45, 2.75) is 0 Å². The molecule has 0 amide bonds. The highest BCUT2D eigenvalue weighted by Crippen LogP contribution is 2.21. The minimum absolute atomic E-state index is 0.00861. The van der Waals surface area contributed by atoms with Crippen molar-refractivity contribution in [3.05, 3.63) is 42.7 Å². The molecule has 3 aromatic heterocycles. The molecule has 0 aliphatic heterocycles. The van der Waals surface area contributed by atoms with Gasteiger partial charge in [-0.05, 0) is 6.07 Å². The molecule has 0 aliphatic carbocycles. The summed E-state index contributed by atoms with van der Waals surface area (Å²) in [5, 5.41) is 9.08. The second-order valence-electron chi connectivity index (χ2n) is 3.52. The Kier molecular flexibility index (Phi) is 1.94. The maximum atomic E-state index is 11.1. The zero-order valence-electron chi connectivity index (χ0n) is 8.66. The number of aromatic amines is 1. The summed E-state index contributed by atoms with van der Waals surface area (Å²) in [4.78, 5) is 22.1. The maximum absolute atomic E-state index is 11.1. The average molecular weight is 228 g/mol. The summed E-state index contributed by atoms with van der Waals surface area (Å²) in [5.74, 6) is -0.474. The van der Waals surface area contributed by atoms with Gasteiger partial charge in [0.1, 0.15) is 5.82 Å². The lowest BCUT2D eigenvalue weighted by Crippen LogP contribution is -1.97. The normalized spacial score (nSPS) is 10.8. The number of imidazole rings is 1. The molecular formula is C11H8N4O2. The van der Waals surface area contributed by atoms with Gasteiger partial charge < -0.3 is 10.1 Å². The van der Waals surface area contributed by atoms with Gasteiger partial charge in [0.25, 0.3) is 0 Å². The van der Waals surface area contributed by atoms with Gasteiger partial charge in [-0.2, -0.15) is 0 Å². The fourth-order valence-electron chi connectivity index (χ4n) is 1.76. The van der Waals surface area contributed by atoms with E-state index in [1.807, 2.05) is 6.07 Å². The number of nitrogens with zero attached hydrogens (tertiary/aromatic N) is 3. The fraction of sp³-hybridized carbons (Fsp3) is 0. The summed E-state index contributed by atoms with van der Waals surface area (Å²) < 4.78 is 1.71. The lowest BCUT2D eigenvalue weighted by molar-refractivity contribution is 0.0693. The summed E-state index contributed by atoms with van der Waals surface area (Å²) in [5.41, 5.74) is 1.32. The van der Waals surface area contributed by atoms with Crippen LogP contribution in [0.1, 0.15) is 10.5 Å². The van der Waals surface area contributed by atoms with Crippen LogP contribution in [0.2, 0.25) is 0 Å². The van der Waals surface area contributed by atoms with E-state index in [4.69, 9.17) is 5.11 Å². The molecule has 0 aromatic carbocycles. The Bertz CT molecular complexity index is 685. The number of hydrogen-bond donors (Lipinski definition) is 2. The molecule has 0 fully saturated rings. The third kappa shape index (κ3) is 1.38. The van der Waals surface area contributed by atoms with E-state index in [0.717, 1.165) is 5.56 Å². The van der Waals surface area contributed by atoms with Gasteiger partial charge in [-0.1, -0.05) is 0 Å². The van der Waals surface area contributed by atoms with Crippen molar-refractivity contribution in [3.63, 3.8) is 0 Å². The number of carboxylic acid groups (broad SMARTS) is 1. The Morgan fingerprint density at radius 3 is 3.06 bits per heavy atom. The van der Waals surface area contributed by atoms with Gasteiger partial charge in [-0.25, -0.2) is 9.78 Å². The van der Waals surface area contributed by atoms with Gasteiger partial charge in [-0.3, -0.25) is 9.38 Å². The van der Waals surface area contributed by atoms with Crippen LogP contribution in [0.4, 0.5) is 0 Å². The van der Waals surface area contributed by atoms with Crippen molar-refractivity contribution in [1.29, 1.82) is 0 Å². The number of aromatic carboxylic acids is 1. The Balaban J connectivity index is 2.37. The van der Waals surface area contributed by atoms with E-state index in [-0.39, 0.29) is 5.69 Å². The van der Waals surface area contributed by atoms with Crippen LogP contribution < -0.4 is 0 Å². The Morgan fingerprint density at radius 2 is 2.35 bits per heavy atom. The highest BCUT2D eigenvalue weighted by molar-refractivity contribution is 5.94. The lowest BCUT2D eigenvalue weighted by atomic mass is 10.3. The number of carboxylic acids is 1. The van der Waals surface area contributed by atoms with E-state index in [2.05, 4.69) is 15.0 Å². The van der Waals surface area contributed by atoms with Crippen LogP contribution in [-0.4, -0.2) is 30.4 Å². The maximum Gasteiger partial charge on any atom is 0.356 e. The monoisotopic (exact) mass is 228 g/mol. The van der Waals surface area contributed by atoms with Gasteiger partial charge in [0.15, 0.2) is 5.69 Å². The molecule has 3 rings (SSSR count). The topological polar surface area (TPSA) is 83.3 Å². The van der Waals surface area contributed by atoms with Crippen LogP contribution in [0, 0.1) is 0 Å². The van der Waals surface area contributed by atoms with Gasteiger partial charge in [0.2, 0.25) is 0 Å². The molecule has 6 nitrogen and oxygen atoms in total. The number of aromatic nitrogens is 4. The van der Waals surface area contributed by atoms with Gasteiger partial charge >= 0.3 is 5.97 Å². The Morgan fingerprint density at radius 1 is 1.47 bits per heavy atom. The first-order valence-electron chi connectivity index (χ1n) is 4.96. The molecule has 0 spiro atoms. The molecule has 0 unspecified atom stereocenters. The predicted molar refractivity (Wildman–Crippen MR) is 59.7 cm³/mol. The first-order valence-corrected chi connectivity index (χ1v) is 4.96. The zero-order valence-corrected chi connectivity index (χ0v) is 8.66. The number of nitrogens with one attached hydrogen (secondary N) is 1. The molecule has 3 heterocycles. The average Bonchev–Trinajstić information content (AvgIpc) is 2.95. The number of H-pyrrole nitrogens is 1. The molecule has 0 bridgehead atoms. The van der Waals surface area contributed by atoms with Crippen molar-refractivity contribution in [2.24, 2.45) is 0 Å². The van der Waals surface area contributed by atoms with E-state index in [1.165, 1.54) is 6.20 Å². The quantitative estimate of drug-likeness (QED) is 0.694. The van der Waals surface area contributed by atoms with Gasteiger partial charge in [-0.15, -0.1) is 0 Å². The molecule has 0 saturated carbocycles. The largest absolute Gasteiger partial charge is 0.476 e. The summed E-state index contributed by atoms with van der Waals surface area (Å²) >= 11 is 0. The molecular weight excluding hydrogens is 220 g/mol.